The van der Waals surface area contributed by atoms with Gasteiger partial charge in [-0.1, -0.05) is 53.7 Å². The third-order valence-corrected chi connectivity index (χ3v) is 4.30. The first-order valence-electron chi connectivity index (χ1n) is 7.92. The number of rotatable bonds is 2. The van der Waals surface area contributed by atoms with Crippen molar-refractivity contribution < 1.29 is 14.3 Å². The largest absolute Gasteiger partial charge is 0.492 e. The molecule has 0 aromatic heterocycles. The lowest BCUT2D eigenvalue weighted by atomic mass is 9.77. The van der Waals surface area contributed by atoms with E-state index in [1.54, 1.807) is 0 Å². The van der Waals surface area contributed by atoms with Crippen LogP contribution < -0.4 is 4.74 Å². The van der Waals surface area contributed by atoms with E-state index in [-0.39, 0.29) is 22.7 Å². The van der Waals surface area contributed by atoms with Gasteiger partial charge in [0.2, 0.25) is 0 Å². The van der Waals surface area contributed by atoms with Gasteiger partial charge in [0.1, 0.15) is 5.75 Å². The third kappa shape index (κ3) is 3.29. The number of methoxy groups -OCH3 is 1. The molecule has 22 heavy (non-hydrogen) atoms. The second-order valence-electron chi connectivity index (χ2n) is 8.23. The molecular weight excluding hydrogens is 276 g/mol. The number of esters is 1. The van der Waals surface area contributed by atoms with Crippen LogP contribution in [0.1, 0.15) is 70.6 Å². The number of carbonyl (C=O) groups is 1. The number of hydrogen-bond donors (Lipinski definition) is 0. The molecule has 1 aromatic rings. The molecule has 1 aliphatic rings. The van der Waals surface area contributed by atoms with Crippen molar-refractivity contribution in [3.05, 3.63) is 28.8 Å². The van der Waals surface area contributed by atoms with Crippen LogP contribution in [0.3, 0.4) is 0 Å². The highest BCUT2D eigenvalue weighted by Crippen LogP contribution is 2.45. The van der Waals surface area contributed by atoms with E-state index in [1.165, 1.54) is 18.2 Å². The van der Waals surface area contributed by atoms with Crippen LogP contribution in [0, 0.1) is 0 Å². The first-order valence-corrected chi connectivity index (χ1v) is 7.92. The lowest BCUT2D eigenvalue weighted by molar-refractivity contribution is -0.141. The van der Waals surface area contributed by atoms with E-state index < -0.39 is 0 Å². The predicted molar refractivity (Wildman–Crippen MR) is 88.7 cm³/mol. The fraction of sp³-hybridized carbons (Fsp3) is 0.632. The van der Waals surface area contributed by atoms with Crippen molar-refractivity contribution in [1.29, 1.82) is 0 Å². The average molecular weight is 304 g/mol. The number of fused-ring (bicyclic) bond motifs is 1. The van der Waals surface area contributed by atoms with Gasteiger partial charge in [-0.25, -0.2) is 0 Å². The second kappa shape index (κ2) is 5.60. The molecule has 3 nitrogen and oxygen atoms in total. The summed E-state index contributed by atoms with van der Waals surface area (Å²) < 4.78 is 10.8. The molecule has 0 N–H and O–H groups in total. The lowest BCUT2D eigenvalue weighted by Crippen LogP contribution is -2.17. The summed E-state index contributed by atoms with van der Waals surface area (Å²) in [6.45, 7) is 13.8. The highest BCUT2D eigenvalue weighted by atomic mass is 16.5. The molecule has 0 saturated heterocycles. The Hall–Kier alpha value is -1.51. The van der Waals surface area contributed by atoms with E-state index in [0.717, 1.165) is 11.3 Å². The van der Waals surface area contributed by atoms with Gasteiger partial charge in [-0.3, -0.25) is 4.79 Å². The second-order valence-corrected chi connectivity index (χ2v) is 8.23. The Morgan fingerprint density at radius 2 is 1.82 bits per heavy atom. The molecule has 1 aliphatic heterocycles. The monoisotopic (exact) mass is 304 g/mol. The lowest BCUT2D eigenvalue weighted by Gasteiger charge is -2.27. The number of benzene rings is 1. The molecule has 0 unspecified atom stereocenters. The molecule has 1 atom stereocenters. The zero-order chi connectivity index (χ0) is 16.7. The van der Waals surface area contributed by atoms with Crippen molar-refractivity contribution in [2.75, 3.05) is 13.7 Å². The summed E-state index contributed by atoms with van der Waals surface area (Å²) in [5, 5.41) is 0. The van der Waals surface area contributed by atoms with Crippen molar-refractivity contribution >= 4 is 5.97 Å². The topological polar surface area (TPSA) is 35.5 Å². The van der Waals surface area contributed by atoms with E-state index in [1.807, 2.05) is 0 Å². The summed E-state index contributed by atoms with van der Waals surface area (Å²) >= 11 is 0. The Kier molecular flexibility index (Phi) is 4.29. The Morgan fingerprint density at radius 1 is 1.18 bits per heavy atom. The zero-order valence-corrected chi connectivity index (χ0v) is 14.9. The highest BCUT2D eigenvalue weighted by Gasteiger charge is 2.34. The smallest absolute Gasteiger partial charge is 0.306 e. The Labute approximate surface area is 134 Å². The summed E-state index contributed by atoms with van der Waals surface area (Å²) in [4.78, 5) is 11.7. The number of ether oxygens (including phenoxy) is 2. The van der Waals surface area contributed by atoms with E-state index in [4.69, 9.17) is 9.47 Å². The molecule has 1 heterocycles. The minimum Gasteiger partial charge on any atom is -0.492 e. The fourth-order valence-electron chi connectivity index (χ4n) is 2.83. The molecule has 0 spiro atoms. The van der Waals surface area contributed by atoms with Crippen molar-refractivity contribution in [3.63, 3.8) is 0 Å². The molecule has 1 aromatic carbocycles. The fourth-order valence-corrected chi connectivity index (χ4v) is 2.83. The quantitative estimate of drug-likeness (QED) is 0.763. The first-order chi connectivity index (χ1) is 10.0. The van der Waals surface area contributed by atoms with Crippen LogP contribution in [-0.2, 0) is 20.4 Å². The Balaban J connectivity index is 2.54. The summed E-state index contributed by atoms with van der Waals surface area (Å²) in [6.07, 6.45) is 0.376. The number of hydrogen-bond acceptors (Lipinski definition) is 3. The van der Waals surface area contributed by atoms with Gasteiger partial charge < -0.3 is 9.47 Å². The van der Waals surface area contributed by atoms with E-state index in [2.05, 4.69) is 53.7 Å². The molecule has 0 radical (unpaired) electrons. The maximum atomic E-state index is 11.7. The predicted octanol–water partition coefficient (Wildman–Crippen LogP) is 4.32. The van der Waals surface area contributed by atoms with Gasteiger partial charge in [-0.05, 0) is 16.4 Å². The van der Waals surface area contributed by atoms with Crippen LogP contribution in [0.4, 0.5) is 0 Å². The van der Waals surface area contributed by atoms with Crippen molar-refractivity contribution in [3.8, 4) is 5.75 Å². The van der Waals surface area contributed by atoms with Gasteiger partial charge in [0.15, 0.2) is 0 Å². The standard InChI is InChI=1S/C19H28O3/c1-18(2,3)13-9-14-12(8-16(20)21-7)11-22-17(14)15(10-13)19(4,5)6/h9-10,12H,8,11H2,1-7H3/t12-/m1/s1. The molecule has 2 rings (SSSR count). The van der Waals surface area contributed by atoms with Crippen LogP contribution in [-0.4, -0.2) is 19.7 Å². The van der Waals surface area contributed by atoms with Gasteiger partial charge in [-0.2, -0.15) is 0 Å². The minimum absolute atomic E-state index is 0.00545. The Morgan fingerprint density at radius 3 is 2.32 bits per heavy atom. The zero-order valence-electron chi connectivity index (χ0n) is 14.9. The van der Waals surface area contributed by atoms with Crippen LogP contribution >= 0.6 is 0 Å². The first kappa shape index (κ1) is 16.9. The van der Waals surface area contributed by atoms with Crippen LogP contribution in [0.15, 0.2) is 12.1 Å². The van der Waals surface area contributed by atoms with Crippen molar-refractivity contribution in [2.45, 2.75) is 64.7 Å². The molecule has 0 saturated carbocycles. The molecule has 0 aliphatic carbocycles. The average Bonchev–Trinajstić information content (AvgIpc) is 2.78. The maximum absolute atomic E-state index is 11.7. The molecule has 0 amide bonds. The van der Waals surface area contributed by atoms with E-state index >= 15 is 0 Å². The molecule has 122 valence electrons. The summed E-state index contributed by atoms with van der Waals surface area (Å²) in [7, 11) is 1.44. The van der Waals surface area contributed by atoms with Crippen LogP contribution in [0.5, 0.6) is 5.75 Å². The summed E-state index contributed by atoms with van der Waals surface area (Å²) in [5.74, 6) is 0.875. The van der Waals surface area contributed by atoms with E-state index in [9.17, 15) is 4.79 Å². The van der Waals surface area contributed by atoms with Gasteiger partial charge >= 0.3 is 5.97 Å². The molecule has 3 heteroatoms. The minimum atomic E-state index is -0.181. The van der Waals surface area contributed by atoms with Gasteiger partial charge in [0.05, 0.1) is 20.1 Å². The highest BCUT2D eigenvalue weighted by molar-refractivity contribution is 5.71. The number of carbonyl (C=O) groups excluding carboxylic acids is 1. The van der Waals surface area contributed by atoms with E-state index in [0.29, 0.717) is 13.0 Å². The third-order valence-electron chi connectivity index (χ3n) is 4.30. The van der Waals surface area contributed by atoms with Gasteiger partial charge in [0, 0.05) is 17.0 Å². The normalized spacial score (nSPS) is 17.9. The van der Waals surface area contributed by atoms with Crippen LogP contribution in [0.2, 0.25) is 0 Å². The molecule has 0 fully saturated rings. The summed E-state index contributed by atoms with van der Waals surface area (Å²) in [5.41, 5.74) is 3.74. The Bertz CT molecular complexity index is 574. The molecule has 0 bridgehead atoms. The van der Waals surface area contributed by atoms with Gasteiger partial charge in [-0.15, -0.1) is 0 Å². The van der Waals surface area contributed by atoms with Gasteiger partial charge in [0.25, 0.3) is 0 Å². The van der Waals surface area contributed by atoms with Crippen LogP contribution in [0.25, 0.3) is 0 Å². The SMILES string of the molecule is COC(=O)C[C@@H]1COc2c1cc(C(C)(C)C)cc2C(C)(C)C. The molecular formula is C19H28O3. The summed E-state index contributed by atoms with van der Waals surface area (Å²) in [6, 6.07) is 4.48. The maximum Gasteiger partial charge on any atom is 0.306 e. The van der Waals surface area contributed by atoms with Crippen molar-refractivity contribution in [2.24, 2.45) is 0 Å². The van der Waals surface area contributed by atoms with Crippen molar-refractivity contribution in [1.82, 2.24) is 0 Å².